The molecular weight excluding hydrogens is 342 g/mol. The number of urea groups is 1. The number of benzene rings is 1. The molecule has 1 aromatic carbocycles. The topological polar surface area (TPSA) is 154 Å². The molecule has 0 bridgehead atoms. The molecule has 25 heavy (non-hydrogen) atoms. The average Bonchev–Trinajstić information content (AvgIpc) is 2.49. The lowest BCUT2D eigenvalue weighted by Gasteiger charge is -2.17. The molecule has 0 aliphatic heterocycles. The third kappa shape index (κ3) is 6.59. The predicted octanol–water partition coefficient (Wildman–Crippen LogP) is 0.480. The summed E-state index contributed by atoms with van der Waals surface area (Å²) in [6, 6.07) is -0.365. The normalized spacial score (nSPS) is 11.5. The van der Waals surface area contributed by atoms with Crippen molar-refractivity contribution >= 4 is 23.7 Å². The highest BCUT2D eigenvalue weighted by molar-refractivity contribution is 5.96. The maximum Gasteiger partial charge on any atom is 0.405 e. The van der Waals surface area contributed by atoms with Crippen molar-refractivity contribution in [3.05, 3.63) is 29.3 Å². The summed E-state index contributed by atoms with van der Waals surface area (Å²) >= 11 is 0. The Hall–Kier alpha value is -2.95. The molecule has 0 radical (unpaired) electrons. The van der Waals surface area contributed by atoms with Gasteiger partial charge in [-0.25, -0.2) is 18.4 Å². The van der Waals surface area contributed by atoms with Crippen molar-refractivity contribution in [2.75, 3.05) is 11.9 Å². The largest absolute Gasteiger partial charge is 0.465 e. The molecule has 0 saturated carbocycles. The minimum atomic E-state index is -1.46. The Morgan fingerprint density at radius 1 is 1.20 bits per heavy atom. The molecule has 0 aliphatic carbocycles. The Labute approximate surface area is 141 Å². The van der Waals surface area contributed by atoms with E-state index in [0.29, 0.717) is 0 Å². The van der Waals surface area contributed by atoms with Crippen LogP contribution in [0.25, 0.3) is 0 Å². The van der Waals surface area contributed by atoms with Gasteiger partial charge in [0.2, 0.25) is 5.91 Å². The van der Waals surface area contributed by atoms with Crippen LogP contribution in [0.3, 0.4) is 0 Å². The summed E-state index contributed by atoms with van der Waals surface area (Å²) in [4.78, 5) is 33.4. The quantitative estimate of drug-likeness (QED) is 0.372. The van der Waals surface area contributed by atoms with Gasteiger partial charge in [-0.3, -0.25) is 4.79 Å². The van der Waals surface area contributed by atoms with Crippen LogP contribution >= 0.6 is 0 Å². The molecule has 9 nitrogen and oxygen atoms in total. The molecule has 0 fully saturated rings. The van der Waals surface area contributed by atoms with Gasteiger partial charge in [0.25, 0.3) is 0 Å². The fourth-order valence-corrected chi connectivity index (χ4v) is 1.99. The van der Waals surface area contributed by atoms with Crippen molar-refractivity contribution in [3.63, 3.8) is 0 Å². The number of primary amides is 1. The van der Waals surface area contributed by atoms with Crippen molar-refractivity contribution in [2.45, 2.75) is 25.5 Å². The average molecular weight is 360 g/mol. The number of amides is 4. The second-order valence-electron chi connectivity index (χ2n) is 5.00. The molecule has 7 N–H and O–H groups in total. The molecule has 1 aromatic rings. The number of nitrogens with one attached hydrogen (secondary N) is 3. The first-order valence-corrected chi connectivity index (χ1v) is 7.17. The van der Waals surface area contributed by atoms with E-state index < -0.39 is 47.9 Å². The van der Waals surface area contributed by atoms with E-state index in [-0.39, 0.29) is 25.1 Å². The van der Waals surface area contributed by atoms with Crippen molar-refractivity contribution in [3.8, 4) is 0 Å². The third-order valence-corrected chi connectivity index (χ3v) is 3.15. The van der Waals surface area contributed by atoms with Crippen LogP contribution in [0.4, 0.5) is 24.1 Å². The van der Waals surface area contributed by atoms with E-state index in [1.165, 1.54) is 0 Å². The Balaban J connectivity index is 2.77. The maximum atomic E-state index is 13.6. The lowest BCUT2D eigenvalue weighted by Crippen LogP contribution is -2.43. The molecule has 0 spiro atoms. The van der Waals surface area contributed by atoms with Crippen LogP contribution in [0, 0.1) is 11.6 Å². The van der Waals surface area contributed by atoms with Crippen LogP contribution in [0.15, 0.2) is 12.1 Å². The molecule has 0 aromatic heterocycles. The Kier molecular flexibility index (Phi) is 7.53. The first kappa shape index (κ1) is 20.1. The molecular formula is C14H18F2N4O5. The van der Waals surface area contributed by atoms with Gasteiger partial charge in [0.1, 0.15) is 17.7 Å². The van der Waals surface area contributed by atoms with Crippen molar-refractivity contribution in [2.24, 2.45) is 5.73 Å². The Morgan fingerprint density at radius 3 is 2.28 bits per heavy atom. The van der Waals surface area contributed by atoms with Gasteiger partial charge in [-0.15, -0.1) is 0 Å². The lowest BCUT2D eigenvalue weighted by atomic mass is 10.1. The number of aliphatic hydroxyl groups excluding tert-OH is 1. The second-order valence-corrected chi connectivity index (χ2v) is 5.00. The van der Waals surface area contributed by atoms with E-state index in [2.05, 4.69) is 10.6 Å². The summed E-state index contributed by atoms with van der Waals surface area (Å²) in [5, 5.41) is 24.1. The van der Waals surface area contributed by atoms with Gasteiger partial charge in [0, 0.05) is 17.8 Å². The van der Waals surface area contributed by atoms with E-state index in [0.717, 1.165) is 12.1 Å². The first-order chi connectivity index (χ1) is 11.7. The number of rotatable bonds is 8. The van der Waals surface area contributed by atoms with Gasteiger partial charge < -0.3 is 31.9 Å². The monoisotopic (exact) mass is 360 g/mol. The van der Waals surface area contributed by atoms with Crippen molar-refractivity contribution in [1.82, 2.24) is 10.6 Å². The number of anilines is 1. The van der Waals surface area contributed by atoms with Gasteiger partial charge in [0.05, 0.1) is 6.61 Å². The minimum Gasteiger partial charge on any atom is -0.465 e. The number of aliphatic hydroxyl groups is 1. The van der Waals surface area contributed by atoms with Gasteiger partial charge in [-0.2, -0.15) is 0 Å². The van der Waals surface area contributed by atoms with E-state index in [1.807, 2.05) is 5.32 Å². The lowest BCUT2D eigenvalue weighted by molar-refractivity contribution is -0.118. The van der Waals surface area contributed by atoms with Crippen LogP contribution in [0.1, 0.15) is 18.4 Å². The Bertz CT molecular complexity index is 633. The number of carbonyl (C=O) groups excluding carboxylic acids is 2. The molecule has 11 heteroatoms. The highest BCUT2D eigenvalue weighted by Crippen LogP contribution is 2.19. The smallest absolute Gasteiger partial charge is 0.405 e. The molecule has 1 unspecified atom stereocenters. The number of carboxylic acid groups (broad SMARTS) is 1. The zero-order valence-electron chi connectivity index (χ0n) is 13.0. The summed E-state index contributed by atoms with van der Waals surface area (Å²) < 4.78 is 27.2. The van der Waals surface area contributed by atoms with Crippen LogP contribution in [-0.2, 0) is 11.4 Å². The van der Waals surface area contributed by atoms with Crippen LogP contribution in [0.5, 0.6) is 0 Å². The van der Waals surface area contributed by atoms with Crippen LogP contribution < -0.4 is 21.7 Å². The summed E-state index contributed by atoms with van der Waals surface area (Å²) in [5.74, 6) is -2.94. The van der Waals surface area contributed by atoms with Crippen LogP contribution in [0.2, 0.25) is 0 Å². The van der Waals surface area contributed by atoms with Gasteiger partial charge in [-0.1, -0.05) is 0 Å². The standard InChI is InChI=1S/C14H18F2N4O5/c15-9-4-7(5-10(16)8(9)6-21)19-12(22)11(20-14(24)25)2-1-3-18-13(17)23/h4-5,11,20-21H,1-3,6H2,(H,19,22)(H,24,25)(H3,17,18,23). The molecule has 4 amide bonds. The van der Waals surface area contributed by atoms with Crippen LogP contribution in [-0.4, -0.2) is 40.8 Å². The summed E-state index contributed by atoms with van der Waals surface area (Å²) in [6.07, 6.45) is -1.22. The SMILES string of the molecule is NC(=O)NCCCC(NC(=O)O)C(=O)Nc1cc(F)c(CO)c(F)c1. The third-order valence-electron chi connectivity index (χ3n) is 3.15. The molecule has 138 valence electrons. The first-order valence-electron chi connectivity index (χ1n) is 7.17. The zero-order valence-corrected chi connectivity index (χ0v) is 13.0. The van der Waals surface area contributed by atoms with Gasteiger partial charge >= 0.3 is 12.1 Å². The molecule has 1 atom stereocenters. The van der Waals surface area contributed by atoms with Crippen molar-refractivity contribution in [1.29, 1.82) is 0 Å². The predicted molar refractivity (Wildman–Crippen MR) is 82.7 cm³/mol. The second kappa shape index (κ2) is 9.37. The van der Waals surface area contributed by atoms with E-state index >= 15 is 0 Å². The molecule has 0 aliphatic rings. The Morgan fingerprint density at radius 2 is 1.80 bits per heavy atom. The molecule has 1 rings (SSSR count). The summed E-state index contributed by atoms with van der Waals surface area (Å²) in [5.41, 5.74) is 4.10. The highest BCUT2D eigenvalue weighted by Gasteiger charge is 2.21. The van der Waals surface area contributed by atoms with Gasteiger partial charge in [-0.05, 0) is 25.0 Å². The number of carbonyl (C=O) groups is 3. The number of hydrogen-bond donors (Lipinski definition) is 6. The molecule has 0 heterocycles. The van der Waals surface area contributed by atoms with E-state index in [4.69, 9.17) is 15.9 Å². The number of hydrogen-bond acceptors (Lipinski definition) is 4. The fourth-order valence-electron chi connectivity index (χ4n) is 1.99. The van der Waals surface area contributed by atoms with Crippen molar-refractivity contribution < 1.29 is 33.4 Å². The van der Waals surface area contributed by atoms with Gasteiger partial charge in [0.15, 0.2) is 0 Å². The summed E-state index contributed by atoms with van der Waals surface area (Å²) in [7, 11) is 0. The fraction of sp³-hybridized carbons (Fsp3) is 0.357. The highest BCUT2D eigenvalue weighted by atomic mass is 19.1. The zero-order chi connectivity index (χ0) is 19.0. The summed E-state index contributed by atoms with van der Waals surface area (Å²) in [6.45, 7) is -0.725. The molecule has 0 saturated heterocycles. The maximum absolute atomic E-state index is 13.6. The number of nitrogens with two attached hydrogens (primary N) is 1. The van der Waals surface area contributed by atoms with E-state index in [9.17, 15) is 23.2 Å². The van der Waals surface area contributed by atoms with E-state index in [1.54, 1.807) is 0 Å². The number of halogens is 2. The minimum absolute atomic E-state index is 0.0120.